The van der Waals surface area contributed by atoms with E-state index in [1.807, 2.05) is 0 Å². The zero-order valence-corrected chi connectivity index (χ0v) is 18.1. The minimum absolute atomic E-state index is 0.00391. The average Bonchev–Trinajstić information content (AvgIpc) is 3.16. The van der Waals surface area contributed by atoms with Gasteiger partial charge in [-0.15, -0.1) is 0 Å². The molecular weight excluding hydrogens is 426 g/mol. The summed E-state index contributed by atoms with van der Waals surface area (Å²) >= 11 is 6.41. The van der Waals surface area contributed by atoms with E-state index in [9.17, 15) is 18.5 Å². The van der Waals surface area contributed by atoms with Crippen LogP contribution >= 0.6 is 11.6 Å². The number of hydrogen-bond donors (Lipinski definition) is 2. The van der Waals surface area contributed by atoms with Crippen LogP contribution in [0.4, 0.5) is 11.4 Å². The van der Waals surface area contributed by atoms with E-state index in [2.05, 4.69) is 22.2 Å². The smallest absolute Gasteiger partial charge is 0.269 e. The van der Waals surface area contributed by atoms with Gasteiger partial charge >= 0.3 is 0 Å². The minimum atomic E-state index is -3.61. The van der Waals surface area contributed by atoms with E-state index in [0.717, 1.165) is 17.7 Å². The molecule has 0 radical (unpaired) electrons. The Morgan fingerprint density at radius 3 is 2.67 bits per heavy atom. The van der Waals surface area contributed by atoms with Crippen molar-refractivity contribution in [3.63, 3.8) is 0 Å². The van der Waals surface area contributed by atoms with Crippen molar-refractivity contribution in [3.8, 4) is 0 Å². The summed E-state index contributed by atoms with van der Waals surface area (Å²) in [5.41, 5.74) is 2.37. The molecule has 1 heterocycles. The molecule has 2 aromatic rings. The summed E-state index contributed by atoms with van der Waals surface area (Å²) in [4.78, 5) is 11.0. The second-order valence-electron chi connectivity index (χ2n) is 7.96. The fourth-order valence-corrected chi connectivity index (χ4v) is 5.83. The number of rotatable bonds is 5. The molecule has 2 N–H and O–H groups in total. The van der Waals surface area contributed by atoms with Crippen molar-refractivity contribution in [1.29, 1.82) is 0 Å². The fraction of sp³-hybridized carbons (Fsp3) is 0.333. The first kappa shape index (κ1) is 20.8. The van der Waals surface area contributed by atoms with Crippen LogP contribution in [0.1, 0.15) is 43.4 Å². The van der Waals surface area contributed by atoms with Crippen molar-refractivity contribution in [2.45, 2.75) is 43.2 Å². The third-order valence-electron chi connectivity index (χ3n) is 5.56. The van der Waals surface area contributed by atoms with E-state index in [-0.39, 0.29) is 34.5 Å². The van der Waals surface area contributed by atoms with Crippen molar-refractivity contribution >= 4 is 33.0 Å². The lowest BCUT2D eigenvalue weighted by Gasteiger charge is -2.38. The van der Waals surface area contributed by atoms with Crippen LogP contribution in [-0.2, 0) is 10.0 Å². The lowest BCUT2D eigenvalue weighted by molar-refractivity contribution is -0.384. The molecule has 0 bridgehead atoms. The zero-order chi connectivity index (χ0) is 21.6. The number of hydrogen-bond acceptors (Lipinski definition) is 5. The topological polar surface area (TPSA) is 101 Å². The second-order valence-corrected chi connectivity index (χ2v) is 10.1. The van der Waals surface area contributed by atoms with Crippen molar-refractivity contribution in [2.75, 3.05) is 5.32 Å². The Balaban J connectivity index is 1.76. The van der Waals surface area contributed by atoms with Crippen molar-refractivity contribution in [2.24, 2.45) is 5.92 Å². The maximum atomic E-state index is 12.6. The molecule has 158 valence electrons. The molecule has 3 atom stereocenters. The third-order valence-corrected chi connectivity index (χ3v) is 7.56. The van der Waals surface area contributed by atoms with Gasteiger partial charge in [-0.2, -0.15) is 0 Å². The largest absolute Gasteiger partial charge is 0.378 e. The van der Waals surface area contributed by atoms with Gasteiger partial charge in [0, 0.05) is 40.4 Å². The van der Waals surface area contributed by atoms with Gasteiger partial charge in [0.1, 0.15) is 0 Å². The first-order valence-corrected chi connectivity index (χ1v) is 11.6. The van der Waals surface area contributed by atoms with Gasteiger partial charge < -0.3 is 5.32 Å². The molecule has 0 saturated carbocycles. The molecule has 0 amide bonds. The molecule has 4 rings (SSSR count). The fourth-order valence-electron chi connectivity index (χ4n) is 4.31. The molecule has 9 heteroatoms. The summed E-state index contributed by atoms with van der Waals surface area (Å²) in [6.07, 6.45) is 4.91. The van der Waals surface area contributed by atoms with Crippen molar-refractivity contribution in [3.05, 3.63) is 74.8 Å². The number of benzene rings is 2. The molecule has 2 aromatic carbocycles. The van der Waals surface area contributed by atoms with Gasteiger partial charge in [-0.3, -0.25) is 10.1 Å². The standard InChI is InChI=1S/C21H22ClN3O4S/c1-12(2)24-30(28,29)14-7-9-20-17(11-14)15-4-3-5-16(15)21(23-20)18-10-13(25(26)27)6-8-19(18)22/h3-4,6-12,15-16,21,23-24H,5H2,1-2H3. The minimum Gasteiger partial charge on any atom is -0.378 e. The van der Waals surface area contributed by atoms with E-state index >= 15 is 0 Å². The molecule has 3 unspecified atom stereocenters. The van der Waals surface area contributed by atoms with E-state index in [1.165, 1.54) is 12.1 Å². The van der Waals surface area contributed by atoms with E-state index in [4.69, 9.17) is 11.6 Å². The number of fused-ring (bicyclic) bond motifs is 3. The lowest BCUT2D eigenvalue weighted by Crippen LogP contribution is -2.32. The van der Waals surface area contributed by atoms with Crippen molar-refractivity contribution < 1.29 is 13.3 Å². The molecule has 30 heavy (non-hydrogen) atoms. The quantitative estimate of drug-likeness (QED) is 0.391. The van der Waals surface area contributed by atoms with Crippen LogP contribution < -0.4 is 10.0 Å². The summed E-state index contributed by atoms with van der Waals surface area (Å²) in [7, 11) is -3.61. The molecule has 0 fully saturated rings. The Morgan fingerprint density at radius 2 is 1.97 bits per heavy atom. The van der Waals surface area contributed by atoms with E-state index in [0.29, 0.717) is 10.6 Å². The molecule has 0 spiro atoms. The summed E-state index contributed by atoms with van der Waals surface area (Å²) in [6.45, 7) is 3.56. The first-order chi connectivity index (χ1) is 14.2. The number of allylic oxidation sites excluding steroid dienone is 2. The van der Waals surface area contributed by atoms with Gasteiger partial charge in [0.25, 0.3) is 5.69 Å². The highest BCUT2D eigenvalue weighted by Gasteiger charge is 2.39. The van der Waals surface area contributed by atoms with Crippen molar-refractivity contribution in [1.82, 2.24) is 4.72 Å². The average molecular weight is 448 g/mol. The molecular formula is C21H22ClN3O4S. The Labute approximate surface area is 180 Å². The molecule has 1 aliphatic carbocycles. The Hall–Kier alpha value is -2.42. The highest BCUT2D eigenvalue weighted by Crippen LogP contribution is 2.51. The van der Waals surface area contributed by atoms with Gasteiger partial charge in [0.05, 0.1) is 15.9 Å². The van der Waals surface area contributed by atoms with Crippen LogP contribution in [0, 0.1) is 16.0 Å². The lowest BCUT2D eigenvalue weighted by atomic mass is 9.77. The summed E-state index contributed by atoms with van der Waals surface area (Å²) in [5, 5.41) is 15.2. The van der Waals surface area contributed by atoms with Crippen LogP contribution in [0.25, 0.3) is 0 Å². The molecule has 1 aliphatic heterocycles. The summed E-state index contributed by atoms with van der Waals surface area (Å²) < 4.78 is 27.9. The van der Waals surface area contributed by atoms with Gasteiger partial charge in [0.15, 0.2) is 0 Å². The summed E-state index contributed by atoms with van der Waals surface area (Å²) in [5.74, 6) is 0.0730. The van der Waals surface area contributed by atoms with Gasteiger partial charge in [-0.1, -0.05) is 23.8 Å². The second kappa shape index (κ2) is 7.68. The molecule has 0 saturated heterocycles. The Morgan fingerprint density at radius 1 is 1.20 bits per heavy atom. The summed E-state index contributed by atoms with van der Waals surface area (Å²) in [6, 6.07) is 9.08. The predicted molar refractivity (Wildman–Crippen MR) is 116 cm³/mol. The molecule has 2 aliphatic rings. The molecule has 7 nitrogen and oxygen atoms in total. The van der Waals surface area contributed by atoms with Crippen LogP contribution in [-0.4, -0.2) is 19.4 Å². The van der Waals surface area contributed by atoms with Gasteiger partial charge in [-0.05, 0) is 56.0 Å². The Bertz CT molecular complexity index is 1150. The van der Waals surface area contributed by atoms with Crippen LogP contribution in [0.3, 0.4) is 0 Å². The number of non-ortho nitro benzene ring substituents is 1. The number of nitrogens with zero attached hydrogens (tertiary/aromatic N) is 1. The maximum absolute atomic E-state index is 12.6. The van der Waals surface area contributed by atoms with Crippen LogP contribution in [0.15, 0.2) is 53.4 Å². The third kappa shape index (κ3) is 3.71. The molecule has 0 aromatic heterocycles. The number of nitro groups is 1. The number of halogens is 1. The van der Waals surface area contributed by atoms with Crippen LogP contribution in [0.2, 0.25) is 5.02 Å². The number of anilines is 1. The van der Waals surface area contributed by atoms with Crippen LogP contribution in [0.5, 0.6) is 0 Å². The number of nitro benzene ring substituents is 1. The van der Waals surface area contributed by atoms with E-state index < -0.39 is 14.9 Å². The maximum Gasteiger partial charge on any atom is 0.269 e. The normalized spacial score (nSPS) is 22.5. The van der Waals surface area contributed by atoms with Gasteiger partial charge in [0.2, 0.25) is 10.0 Å². The van der Waals surface area contributed by atoms with Gasteiger partial charge in [-0.25, -0.2) is 13.1 Å². The highest BCUT2D eigenvalue weighted by molar-refractivity contribution is 7.89. The SMILES string of the molecule is CC(C)NS(=O)(=O)c1ccc2c(c1)C1C=CCC1C(c1cc([N+](=O)[O-])ccc1Cl)N2. The Kier molecular flexibility index (Phi) is 5.34. The number of nitrogens with one attached hydrogen (secondary N) is 2. The first-order valence-electron chi connectivity index (χ1n) is 9.70. The van der Waals surface area contributed by atoms with E-state index in [1.54, 1.807) is 38.1 Å². The zero-order valence-electron chi connectivity index (χ0n) is 16.5. The highest BCUT2D eigenvalue weighted by atomic mass is 35.5. The predicted octanol–water partition coefficient (Wildman–Crippen LogP) is 4.76. The monoisotopic (exact) mass is 447 g/mol. The number of sulfonamides is 1.